The Kier molecular flexibility index (Phi) is 5.06. The van der Waals surface area contributed by atoms with E-state index in [0.29, 0.717) is 29.3 Å². The van der Waals surface area contributed by atoms with Crippen molar-refractivity contribution in [1.29, 1.82) is 0 Å². The standard InChI is InChI=1S/C19H23N3O4/c1-11(2)5-4-10-20-13-7-3-6-12-16(13)19(26)22(18(12)25)14-8-9-15(23)21-17(14)24/h3,6-7,11,14,20H,4-5,8-10H2,1-2H3,(H,21,23,24). The number of carbonyl (C=O) groups is 4. The molecule has 0 saturated carbocycles. The normalized spacial score (nSPS) is 19.8. The van der Waals surface area contributed by atoms with Crippen LogP contribution in [-0.2, 0) is 9.59 Å². The maximum atomic E-state index is 12.9. The molecule has 2 N–H and O–H groups in total. The van der Waals surface area contributed by atoms with Gasteiger partial charge in [-0.1, -0.05) is 19.9 Å². The van der Waals surface area contributed by atoms with Crippen LogP contribution in [0, 0.1) is 5.92 Å². The molecule has 0 aromatic heterocycles. The van der Waals surface area contributed by atoms with Crippen LogP contribution in [0.25, 0.3) is 0 Å². The minimum Gasteiger partial charge on any atom is -0.384 e. The Morgan fingerprint density at radius 3 is 2.65 bits per heavy atom. The van der Waals surface area contributed by atoms with E-state index in [1.807, 2.05) is 0 Å². The summed E-state index contributed by atoms with van der Waals surface area (Å²) in [6.07, 6.45) is 2.30. The van der Waals surface area contributed by atoms with Crippen LogP contribution in [0.1, 0.15) is 60.2 Å². The lowest BCUT2D eigenvalue weighted by molar-refractivity contribution is -0.136. The Bertz CT molecular complexity index is 772. The van der Waals surface area contributed by atoms with Gasteiger partial charge >= 0.3 is 0 Å². The summed E-state index contributed by atoms with van der Waals surface area (Å²) in [6, 6.07) is 4.16. The Labute approximate surface area is 152 Å². The number of imide groups is 2. The fourth-order valence-corrected chi connectivity index (χ4v) is 3.40. The van der Waals surface area contributed by atoms with Crippen LogP contribution >= 0.6 is 0 Å². The van der Waals surface area contributed by atoms with Crippen LogP contribution in [0.15, 0.2) is 18.2 Å². The fourth-order valence-electron chi connectivity index (χ4n) is 3.40. The third-order valence-corrected chi connectivity index (χ3v) is 4.74. The zero-order valence-corrected chi connectivity index (χ0v) is 15.0. The van der Waals surface area contributed by atoms with Gasteiger partial charge in [0.25, 0.3) is 11.8 Å². The molecule has 1 atom stereocenters. The summed E-state index contributed by atoms with van der Waals surface area (Å²) in [6.45, 7) is 5.01. The molecule has 1 aromatic rings. The van der Waals surface area contributed by atoms with Crippen LogP contribution in [0.2, 0.25) is 0 Å². The van der Waals surface area contributed by atoms with Gasteiger partial charge in [0.05, 0.1) is 11.1 Å². The summed E-state index contributed by atoms with van der Waals surface area (Å²) < 4.78 is 0. The molecule has 7 nitrogen and oxygen atoms in total. The van der Waals surface area contributed by atoms with Gasteiger partial charge in [-0.3, -0.25) is 29.4 Å². The summed E-state index contributed by atoms with van der Waals surface area (Å²) in [4.78, 5) is 50.0. The second-order valence-corrected chi connectivity index (χ2v) is 7.14. The molecular weight excluding hydrogens is 334 g/mol. The summed E-state index contributed by atoms with van der Waals surface area (Å²) in [7, 11) is 0. The molecule has 7 heteroatoms. The van der Waals surface area contributed by atoms with E-state index in [1.54, 1.807) is 18.2 Å². The van der Waals surface area contributed by atoms with E-state index >= 15 is 0 Å². The van der Waals surface area contributed by atoms with Crippen LogP contribution < -0.4 is 10.6 Å². The summed E-state index contributed by atoms with van der Waals surface area (Å²) in [5.41, 5.74) is 1.22. The molecule has 1 unspecified atom stereocenters. The molecule has 0 aliphatic carbocycles. The van der Waals surface area contributed by atoms with Gasteiger partial charge in [0, 0.05) is 18.7 Å². The highest BCUT2D eigenvalue weighted by Gasteiger charge is 2.45. The van der Waals surface area contributed by atoms with Crippen molar-refractivity contribution in [3.8, 4) is 0 Å². The Balaban J connectivity index is 1.80. The van der Waals surface area contributed by atoms with Gasteiger partial charge in [-0.15, -0.1) is 0 Å². The number of benzene rings is 1. The van der Waals surface area contributed by atoms with Gasteiger partial charge < -0.3 is 5.32 Å². The van der Waals surface area contributed by atoms with Gasteiger partial charge in [0.2, 0.25) is 11.8 Å². The molecule has 1 aromatic carbocycles. The monoisotopic (exact) mass is 357 g/mol. The first kappa shape index (κ1) is 18.1. The van der Waals surface area contributed by atoms with Crippen molar-refractivity contribution >= 4 is 29.3 Å². The number of anilines is 1. The average molecular weight is 357 g/mol. The van der Waals surface area contributed by atoms with E-state index in [-0.39, 0.29) is 18.7 Å². The first-order chi connectivity index (χ1) is 12.4. The number of amides is 4. The fraction of sp³-hybridized carbons (Fsp3) is 0.474. The zero-order valence-electron chi connectivity index (χ0n) is 15.0. The van der Waals surface area contributed by atoms with Crippen molar-refractivity contribution in [2.24, 2.45) is 5.92 Å². The summed E-state index contributed by atoms with van der Waals surface area (Å²) in [5.74, 6) is -1.33. The van der Waals surface area contributed by atoms with Crippen molar-refractivity contribution in [3.05, 3.63) is 29.3 Å². The molecule has 26 heavy (non-hydrogen) atoms. The van der Waals surface area contributed by atoms with Crippen molar-refractivity contribution in [3.63, 3.8) is 0 Å². The molecular formula is C19H23N3O4. The Morgan fingerprint density at radius 1 is 1.19 bits per heavy atom. The minimum absolute atomic E-state index is 0.115. The van der Waals surface area contributed by atoms with Crippen molar-refractivity contribution in [1.82, 2.24) is 10.2 Å². The predicted octanol–water partition coefficient (Wildman–Crippen LogP) is 1.94. The van der Waals surface area contributed by atoms with Crippen molar-refractivity contribution < 1.29 is 19.2 Å². The molecule has 2 aliphatic rings. The molecule has 2 heterocycles. The topological polar surface area (TPSA) is 95.6 Å². The average Bonchev–Trinajstić information content (AvgIpc) is 2.84. The molecule has 138 valence electrons. The molecule has 2 aliphatic heterocycles. The molecule has 1 saturated heterocycles. The van der Waals surface area contributed by atoms with Crippen LogP contribution in [-0.4, -0.2) is 41.1 Å². The smallest absolute Gasteiger partial charge is 0.264 e. The Morgan fingerprint density at radius 2 is 1.96 bits per heavy atom. The highest BCUT2D eigenvalue weighted by molar-refractivity contribution is 6.25. The lowest BCUT2D eigenvalue weighted by Gasteiger charge is -2.27. The number of nitrogens with one attached hydrogen (secondary N) is 2. The maximum absolute atomic E-state index is 12.9. The third-order valence-electron chi connectivity index (χ3n) is 4.74. The summed E-state index contributed by atoms with van der Waals surface area (Å²) in [5, 5.41) is 5.44. The number of hydrogen-bond acceptors (Lipinski definition) is 5. The summed E-state index contributed by atoms with van der Waals surface area (Å²) >= 11 is 0. The first-order valence-corrected chi connectivity index (χ1v) is 8.98. The van der Waals surface area contributed by atoms with E-state index in [4.69, 9.17) is 0 Å². The highest BCUT2D eigenvalue weighted by atomic mass is 16.2. The number of rotatable bonds is 6. The number of carbonyl (C=O) groups excluding carboxylic acids is 4. The van der Waals surface area contributed by atoms with E-state index in [2.05, 4.69) is 24.5 Å². The molecule has 1 fully saturated rings. The largest absolute Gasteiger partial charge is 0.384 e. The highest BCUT2D eigenvalue weighted by Crippen LogP contribution is 2.32. The number of hydrogen-bond donors (Lipinski definition) is 2. The van der Waals surface area contributed by atoms with Crippen molar-refractivity contribution in [2.45, 2.75) is 45.6 Å². The molecule has 0 spiro atoms. The van der Waals surface area contributed by atoms with E-state index < -0.39 is 23.8 Å². The van der Waals surface area contributed by atoms with Crippen LogP contribution in [0.3, 0.4) is 0 Å². The van der Waals surface area contributed by atoms with E-state index in [9.17, 15) is 19.2 Å². The van der Waals surface area contributed by atoms with E-state index in [1.165, 1.54) is 0 Å². The van der Waals surface area contributed by atoms with Crippen LogP contribution in [0.4, 0.5) is 5.69 Å². The number of nitrogens with zero attached hydrogens (tertiary/aromatic N) is 1. The van der Waals surface area contributed by atoms with Gasteiger partial charge in [0.15, 0.2) is 0 Å². The third kappa shape index (κ3) is 3.34. The Hall–Kier alpha value is -2.70. The molecule has 3 rings (SSSR count). The zero-order chi connectivity index (χ0) is 18.8. The SMILES string of the molecule is CC(C)CCCNc1cccc2c1C(=O)N(C1CCC(=O)NC1=O)C2=O. The number of fused-ring (bicyclic) bond motifs is 1. The quantitative estimate of drug-likeness (QED) is 0.599. The second kappa shape index (κ2) is 7.27. The molecule has 0 radical (unpaired) electrons. The van der Waals surface area contributed by atoms with E-state index in [0.717, 1.165) is 17.7 Å². The maximum Gasteiger partial charge on any atom is 0.264 e. The van der Waals surface area contributed by atoms with Crippen molar-refractivity contribution in [2.75, 3.05) is 11.9 Å². The molecule has 4 amide bonds. The number of piperidine rings is 1. The lowest BCUT2D eigenvalue weighted by Crippen LogP contribution is -2.54. The van der Waals surface area contributed by atoms with Gasteiger partial charge in [-0.2, -0.15) is 0 Å². The van der Waals surface area contributed by atoms with Crippen LogP contribution in [0.5, 0.6) is 0 Å². The lowest BCUT2D eigenvalue weighted by atomic mass is 10.0. The predicted molar refractivity (Wildman–Crippen MR) is 95.7 cm³/mol. The second-order valence-electron chi connectivity index (χ2n) is 7.14. The molecule has 0 bridgehead atoms. The first-order valence-electron chi connectivity index (χ1n) is 8.98. The minimum atomic E-state index is -0.936. The van der Waals surface area contributed by atoms with Gasteiger partial charge in [-0.25, -0.2) is 0 Å². The van der Waals surface area contributed by atoms with Gasteiger partial charge in [0.1, 0.15) is 6.04 Å². The van der Waals surface area contributed by atoms with Gasteiger partial charge in [-0.05, 0) is 37.3 Å².